The molecule has 2 heteroatoms. The molecule has 26 heavy (non-hydrogen) atoms. The molecule has 0 aliphatic heterocycles. The van der Waals surface area contributed by atoms with Gasteiger partial charge in [-0.25, -0.2) is 0 Å². The molecule has 4 rings (SSSR count). The van der Waals surface area contributed by atoms with E-state index in [1.165, 1.54) is 10.9 Å². The van der Waals surface area contributed by atoms with Gasteiger partial charge in [0.15, 0.2) is 0 Å². The van der Waals surface area contributed by atoms with Crippen LogP contribution in [0.15, 0.2) is 85.1 Å². The van der Waals surface area contributed by atoms with Gasteiger partial charge in [0.25, 0.3) is 0 Å². The fourth-order valence-electron chi connectivity index (χ4n) is 3.21. The van der Waals surface area contributed by atoms with E-state index in [-0.39, 0.29) is 0 Å². The van der Waals surface area contributed by atoms with Crippen molar-refractivity contribution in [3.63, 3.8) is 0 Å². The highest BCUT2D eigenvalue weighted by Gasteiger charge is 2.06. The molecule has 0 saturated carbocycles. The van der Waals surface area contributed by atoms with Crippen LogP contribution in [-0.4, -0.2) is 4.57 Å². The zero-order valence-electron chi connectivity index (χ0n) is 14.6. The standard InChI is InChI=1S/C24H18N2/c1-18-6-4-9-23(14-18)26-13-5-10-24(26)16-22(17-25)21-12-11-19-7-2-3-8-20(19)15-21/h2-16H,1H3/b22-16-. The van der Waals surface area contributed by atoms with Crippen molar-refractivity contribution in [2.75, 3.05) is 0 Å². The van der Waals surface area contributed by atoms with Crippen LogP contribution in [0.2, 0.25) is 0 Å². The first kappa shape index (κ1) is 15.9. The van der Waals surface area contributed by atoms with Gasteiger partial charge in [-0.1, -0.05) is 48.5 Å². The lowest BCUT2D eigenvalue weighted by Gasteiger charge is -2.08. The van der Waals surface area contributed by atoms with Gasteiger partial charge in [-0.3, -0.25) is 0 Å². The number of benzene rings is 3. The lowest BCUT2D eigenvalue weighted by atomic mass is 10.0. The summed E-state index contributed by atoms with van der Waals surface area (Å²) >= 11 is 0. The summed E-state index contributed by atoms with van der Waals surface area (Å²) in [5, 5.41) is 12.0. The third-order valence-electron chi connectivity index (χ3n) is 4.53. The van der Waals surface area contributed by atoms with Crippen LogP contribution in [0.1, 0.15) is 16.8 Å². The van der Waals surface area contributed by atoms with E-state index in [1.807, 2.05) is 48.7 Å². The Morgan fingerprint density at radius 3 is 2.54 bits per heavy atom. The number of allylic oxidation sites excluding steroid dienone is 1. The first-order chi connectivity index (χ1) is 12.7. The molecule has 0 aliphatic rings. The number of nitriles is 1. The molecule has 0 amide bonds. The molecule has 1 aromatic heterocycles. The van der Waals surface area contributed by atoms with E-state index in [2.05, 4.69) is 60.0 Å². The molecule has 3 aromatic carbocycles. The van der Waals surface area contributed by atoms with Gasteiger partial charge >= 0.3 is 0 Å². The smallest absolute Gasteiger partial charge is 0.0998 e. The number of fused-ring (bicyclic) bond motifs is 1. The Morgan fingerprint density at radius 2 is 1.73 bits per heavy atom. The molecule has 0 radical (unpaired) electrons. The Hall–Kier alpha value is -3.57. The van der Waals surface area contributed by atoms with Gasteiger partial charge in [-0.15, -0.1) is 0 Å². The Morgan fingerprint density at radius 1 is 0.885 bits per heavy atom. The maximum atomic E-state index is 9.73. The molecule has 124 valence electrons. The van der Waals surface area contributed by atoms with Gasteiger partial charge < -0.3 is 4.57 Å². The molecule has 0 saturated heterocycles. The Balaban J connectivity index is 1.79. The maximum Gasteiger partial charge on any atom is 0.0998 e. The minimum Gasteiger partial charge on any atom is -0.317 e. The first-order valence-electron chi connectivity index (χ1n) is 8.60. The first-order valence-corrected chi connectivity index (χ1v) is 8.60. The average molecular weight is 334 g/mol. The van der Waals surface area contributed by atoms with E-state index in [9.17, 15) is 5.26 Å². The van der Waals surface area contributed by atoms with E-state index >= 15 is 0 Å². The lowest BCUT2D eigenvalue weighted by Crippen LogP contribution is -1.95. The zero-order chi connectivity index (χ0) is 17.9. The number of rotatable bonds is 3. The van der Waals surface area contributed by atoms with Crippen LogP contribution < -0.4 is 0 Å². The lowest BCUT2D eigenvalue weighted by molar-refractivity contribution is 1.06. The molecule has 0 spiro atoms. The van der Waals surface area contributed by atoms with Crippen molar-refractivity contribution in [3.8, 4) is 11.8 Å². The second-order valence-corrected chi connectivity index (χ2v) is 6.37. The number of hydrogen-bond acceptors (Lipinski definition) is 1. The molecule has 0 bridgehead atoms. The van der Waals surface area contributed by atoms with Gasteiger partial charge in [0.2, 0.25) is 0 Å². The van der Waals surface area contributed by atoms with E-state index in [4.69, 9.17) is 0 Å². The average Bonchev–Trinajstić information content (AvgIpc) is 3.14. The molecule has 0 N–H and O–H groups in total. The highest BCUT2D eigenvalue weighted by Crippen LogP contribution is 2.24. The SMILES string of the molecule is Cc1cccc(-n2cccc2/C=C(/C#N)c2ccc3ccccc3c2)c1. The van der Waals surface area contributed by atoms with Crippen LogP contribution in [0.3, 0.4) is 0 Å². The van der Waals surface area contributed by atoms with Crippen molar-refractivity contribution < 1.29 is 0 Å². The van der Waals surface area contributed by atoms with Crippen LogP contribution in [0.4, 0.5) is 0 Å². The van der Waals surface area contributed by atoms with E-state index < -0.39 is 0 Å². The van der Waals surface area contributed by atoms with Crippen LogP contribution in [-0.2, 0) is 0 Å². The van der Waals surface area contributed by atoms with Gasteiger partial charge in [-0.2, -0.15) is 5.26 Å². The summed E-state index contributed by atoms with van der Waals surface area (Å²) in [5.74, 6) is 0. The van der Waals surface area contributed by atoms with Crippen molar-refractivity contribution >= 4 is 22.4 Å². The van der Waals surface area contributed by atoms with Gasteiger partial charge in [0.05, 0.1) is 11.6 Å². The molecule has 0 atom stereocenters. The predicted octanol–water partition coefficient (Wildman–Crippen LogP) is 6.00. The second-order valence-electron chi connectivity index (χ2n) is 6.37. The predicted molar refractivity (Wildman–Crippen MR) is 108 cm³/mol. The monoisotopic (exact) mass is 334 g/mol. The Labute approximate surface area is 153 Å². The molecular weight excluding hydrogens is 316 g/mol. The summed E-state index contributed by atoms with van der Waals surface area (Å²) in [5.41, 5.74) is 4.88. The van der Waals surface area contributed by atoms with Gasteiger partial charge in [-0.05, 0) is 65.2 Å². The van der Waals surface area contributed by atoms with E-state index in [0.717, 1.165) is 22.3 Å². The molecule has 1 heterocycles. The number of aromatic nitrogens is 1. The fourth-order valence-corrected chi connectivity index (χ4v) is 3.21. The summed E-state index contributed by atoms with van der Waals surface area (Å²) in [6.45, 7) is 2.08. The van der Waals surface area contributed by atoms with Crippen LogP contribution in [0.5, 0.6) is 0 Å². The Bertz CT molecular complexity index is 1160. The largest absolute Gasteiger partial charge is 0.317 e. The highest BCUT2D eigenvalue weighted by molar-refractivity contribution is 5.94. The fraction of sp³-hybridized carbons (Fsp3) is 0.0417. The summed E-state index contributed by atoms with van der Waals surface area (Å²) in [6, 6.07) is 29.1. The topological polar surface area (TPSA) is 28.7 Å². The van der Waals surface area contributed by atoms with Crippen molar-refractivity contribution in [2.24, 2.45) is 0 Å². The van der Waals surface area contributed by atoms with Crippen molar-refractivity contribution in [2.45, 2.75) is 6.92 Å². The van der Waals surface area contributed by atoms with Gasteiger partial charge in [0.1, 0.15) is 0 Å². The molecule has 4 aromatic rings. The summed E-state index contributed by atoms with van der Waals surface area (Å²) in [6.07, 6.45) is 3.97. The summed E-state index contributed by atoms with van der Waals surface area (Å²) < 4.78 is 2.10. The number of nitrogens with zero attached hydrogens (tertiary/aromatic N) is 2. The summed E-state index contributed by atoms with van der Waals surface area (Å²) in [4.78, 5) is 0. The third kappa shape index (κ3) is 3.03. The van der Waals surface area contributed by atoms with E-state index in [0.29, 0.717) is 5.57 Å². The second kappa shape index (κ2) is 6.74. The van der Waals surface area contributed by atoms with Crippen molar-refractivity contribution in [1.82, 2.24) is 4.57 Å². The zero-order valence-corrected chi connectivity index (χ0v) is 14.6. The molecule has 0 unspecified atom stereocenters. The van der Waals surface area contributed by atoms with Crippen LogP contribution in [0, 0.1) is 18.3 Å². The Kier molecular flexibility index (Phi) is 4.13. The quantitative estimate of drug-likeness (QED) is 0.422. The van der Waals surface area contributed by atoms with Crippen LogP contribution >= 0.6 is 0 Å². The molecular formula is C24H18N2. The van der Waals surface area contributed by atoms with Gasteiger partial charge in [0, 0.05) is 17.6 Å². The van der Waals surface area contributed by atoms with Crippen LogP contribution in [0.25, 0.3) is 28.1 Å². The third-order valence-corrected chi connectivity index (χ3v) is 4.53. The minimum absolute atomic E-state index is 0.656. The van der Waals surface area contributed by atoms with E-state index in [1.54, 1.807) is 0 Å². The highest BCUT2D eigenvalue weighted by atomic mass is 15.0. The van der Waals surface area contributed by atoms with Crippen molar-refractivity contribution in [3.05, 3.63) is 102 Å². The summed E-state index contributed by atoms with van der Waals surface area (Å²) in [7, 11) is 0. The molecule has 2 nitrogen and oxygen atoms in total. The maximum absolute atomic E-state index is 9.73. The normalized spacial score (nSPS) is 11.5. The molecule has 0 fully saturated rings. The number of aryl methyl sites for hydroxylation is 1. The molecule has 0 aliphatic carbocycles. The number of hydrogen-bond donors (Lipinski definition) is 0. The van der Waals surface area contributed by atoms with Crippen molar-refractivity contribution in [1.29, 1.82) is 5.26 Å². The minimum atomic E-state index is 0.656.